The van der Waals surface area contributed by atoms with Crippen LogP contribution in [-0.2, 0) is 22.6 Å². The molecule has 2 aliphatic heterocycles. The quantitative estimate of drug-likeness (QED) is 0.808. The molecule has 2 amide bonds. The second-order valence-corrected chi connectivity index (χ2v) is 6.48. The zero-order valence-electron chi connectivity index (χ0n) is 14.1. The molecule has 0 N–H and O–H groups in total. The van der Waals surface area contributed by atoms with Crippen LogP contribution in [0.25, 0.3) is 0 Å². The molecule has 1 saturated heterocycles. The number of carbonyl (C=O) groups excluding carboxylic acids is 2. The monoisotopic (exact) mass is 336 g/mol. The van der Waals surface area contributed by atoms with Gasteiger partial charge in [0.15, 0.2) is 0 Å². The van der Waals surface area contributed by atoms with Crippen molar-refractivity contribution in [1.82, 2.24) is 4.90 Å². The molecular weight excluding hydrogens is 316 g/mol. The third-order valence-electron chi connectivity index (χ3n) is 5.04. The molecule has 5 nitrogen and oxygen atoms in total. The molecule has 4 rings (SSSR count). The first-order chi connectivity index (χ1) is 12.2. The Balaban J connectivity index is 1.57. The van der Waals surface area contributed by atoms with Crippen molar-refractivity contribution >= 4 is 17.5 Å². The fourth-order valence-electron chi connectivity index (χ4n) is 3.71. The van der Waals surface area contributed by atoms with E-state index in [0.29, 0.717) is 18.0 Å². The number of fused-ring (bicyclic) bond motifs is 1. The molecule has 0 spiro atoms. The van der Waals surface area contributed by atoms with Crippen molar-refractivity contribution < 1.29 is 14.3 Å². The van der Waals surface area contributed by atoms with Gasteiger partial charge in [-0.25, -0.2) is 4.90 Å². The van der Waals surface area contributed by atoms with E-state index in [0.717, 1.165) is 13.0 Å². The molecule has 1 atom stereocenters. The summed E-state index contributed by atoms with van der Waals surface area (Å²) in [6.07, 6.45) is 1.14. The predicted molar refractivity (Wildman–Crippen MR) is 94.4 cm³/mol. The van der Waals surface area contributed by atoms with E-state index in [4.69, 9.17) is 4.74 Å². The van der Waals surface area contributed by atoms with Gasteiger partial charge in [0.1, 0.15) is 5.75 Å². The van der Waals surface area contributed by atoms with Crippen molar-refractivity contribution in [2.24, 2.45) is 0 Å². The van der Waals surface area contributed by atoms with Gasteiger partial charge in [-0.15, -0.1) is 0 Å². The molecule has 0 radical (unpaired) electrons. The smallest absolute Gasteiger partial charge is 0.251 e. The second-order valence-electron chi connectivity index (χ2n) is 6.48. The SMILES string of the molecule is COc1cccc(N2C(=O)C[C@@H](N3CCc4ccccc4C3)C2=O)c1. The number of hydrogen-bond donors (Lipinski definition) is 0. The Labute approximate surface area is 146 Å². The van der Waals surface area contributed by atoms with Gasteiger partial charge in [0.25, 0.3) is 5.91 Å². The second kappa shape index (κ2) is 6.33. The lowest BCUT2D eigenvalue weighted by Crippen LogP contribution is -2.44. The van der Waals surface area contributed by atoms with Gasteiger partial charge in [0.2, 0.25) is 5.91 Å². The Hall–Kier alpha value is -2.66. The summed E-state index contributed by atoms with van der Waals surface area (Å²) in [6.45, 7) is 1.51. The van der Waals surface area contributed by atoms with Crippen LogP contribution in [-0.4, -0.2) is 36.4 Å². The highest BCUT2D eigenvalue weighted by Gasteiger charge is 2.43. The summed E-state index contributed by atoms with van der Waals surface area (Å²) in [4.78, 5) is 28.9. The molecule has 0 aliphatic carbocycles. The minimum Gasteiger partial charge on any atom is -0.497 e. The summed E-state index contributed by atoms with van der Waals surface area (Å²) >= 11 is 0. The molecule has 0 bridgehead atoms. The summed E-state index contributed by atoms with van der Waals surface area (Å²) < 4.78 is 5.21. The molecule has 2 aromatic carbocycles. The van der Waals surface area contributed by atoms with Crippen LogP contribution < -0.4 is 9.64 Å². The van der Waals surface area contributed by atoms with Gasteiger partial charge >= 0.3 is 0 Å². The van der Waals surface area contributed by atoms with E-state index in [1.165, 1.54) is 16.0 Å². The van der Waals surface area contributed by atoms with Crippen molar-refractivity contribution in [3.63, 3.8) is 0 Å². The van der Waals surface area contributed by atoms with E-state index >= 15 is 0 Å². The van der Waals surface area contributed by atoms with Gasteiger partial charge in [0, 0.05) is 19.2 Å². The van der Waals surface area contributed by atoms with Gasteiger partial charge in [-0.2, -0.15) is 0 Å². The molecule has 128 valence electrons. The van der Waals surface area contributed by atoms with E-state index in [1.807, 2.05) is 12.1 Å². The van der Waals surface area contributed by atoms with E-state index < -0.39 is 0 Å². The van der Waals surface area contributed by atoms with Crippen molar-refractivity contribution in [2.45, 2.75) is 25.4 Å². The van der Waals surface area contributed by atoms with E-state index in [2.05, 4.69) is 17.0 Å². The number of rotatable bonds is 3. The maximum atomic E-state index is 12.9. The fourth-order valence-corrected chi connectivity index (χ4v) is 3.71. The average Bonchev–Trinajstić information content (AvgIpc) is 2.95. The summed E-state index contributed by atoms with van der Waals surface area (Å²) in [5.41, 5.74) is 3.16. The number of benzene rings is 2. The van der Waals surface area contributed by atoms with E-state index in [1.54, 1.807) is 31.4 Å². The average molecular weight is 336 g/mol. The first-order valence-electron chi connectivity index (χ1n) is 8.49. The van der Waals surface area contributed by atoms with Crippen LogP contribution in [0, 0.1) is 0 Å². The zero-order valence-corrected chi connectivity index (χ0v) is 14.1. The van der Waals surface area contributed by atoms with E-state index in [-0.39, 0.29) is 24.3 Å². The minimum absolute atomic E-state index is 0.141. The molecule has 5 heteroatoms. The topological polar surface area (TPSA) is 49.9 Å². The van der Waals surface area contributed by atoms with Crippen molar-refractivity contribution in [2.75, 3.05) is 18.6 Å². The maximum Gasteiger partial charge on any atom is 0.251 e. The Morgan fingerprint density at radius 3 is 2.64 bits per heavy atom. The third kappa shape index (κ3) is 2.81. The normalized spacial score (nSPS) is 20.7. The van der Waals surface area contributed by atoms with Gasteiger partial charge in [0.05, 0.1) is 25.3 Å². The van der Waals surface area contributed by atoms with Gasteiger partial charge in [-0.1, -0.05) is 30.3 Å². The van der Waals surface area contributed by atoms with Crippen LogP contribution in [0.2, 0.25) is 0 Å². The van der Waals surface area contributed by atoms with Crippen LogP contribution >= 0.6 is 0 Å². The highest BCUT2D eigenvalue weighted by molar-refractivity contribution is 6.22. The summed E-state index contributed by atoms with van der Waals surface area (Å²) in [5.74, 6) is 0.341. The van der Waals surface area contributed by atoms with Gasteiger partial charge < -0.3 is 4.74 Å². The maximum absolute atomic E-state index is 12.9. The molecule has 1 fully saturated rings. The Kier molecular flexibility index (Phi) is 4.01. The number of amides is 2. The number of carbonyl (C=O) groups is 2. The fraction of sp³-hybridized carbons (Fsp3) is 0.300. The molecule has 0 saturated carbocycles. The van der Waals surface area contributed by atoms with Gasteiger partial charge in [-0.05, 0) is 29.7 Å². The number of anilines is 1. The van der Waals surface area contributed by atoms with Crippen LogP contribution in [0.3, 0.4) is 0 Å². The van der Waals surface area contributed by atoms with Crippen LogP contribution in [0.5, 0.6) is 5.75 Å². The van der Waals surface area contributed by atoms with Gasteiger partial charge in [-0.3, -0.25) is 14.5 Å². The number of ether oxygens (including phenoxy) is 1. The highest BCUT2D eigenvalue weighted by atomic mass is 16.5. The van der Waals surface area contributed by atoms with Crippen molar-refractivity contribution in [1.29, 1.82) is 0 Å². The standard InChI is InChI=1S/C20H20N2O3/c1-25-17-8-4-7-16(11-17)22-19(23)12-18(20(22)24)21-10-9-14-5-2-3-6-15(14)13-21/h2-8,11,18H,9-10,12-13H2,1H3/t18-/m1/s1. The lowest BCUT2D eigenvalue weighted by atomic mass is 9.98. The number of imide groups is 1. The molecule has 2 aromatic rings. The molecule has 2 aliphatic rings. The molecular formula is C20H20N2O3. The highest BCUT2D eigenvalue weighted by Crippen LogP contribution is 2.30. The number of nitrogens with zero attached hydrogens (tertiary/aromatic N) is 2. The Morgan fingerprint density at radius 1 is 1.04 bits per heavy atom. The Morgan fingerprint density at radius 2 is 1.84 bits per heavy atom. The number of hydrogen-bond acceptors (Lipinski definition) is 4. The summed E-state index contributed by atoms with van der Waals surface area (Å²) in [5, 5.41) is 0. The largest absolute Gasteiger partial charge is 0.497 e. The zero-order chi connectivity index (χ0) is 17.4. The van der Waals surface area contributed by atoms with Crippen molar-refractivity contribution in [3.05, 3.63) is 59.7 Å². The third-order valence-corrected chi connectivity index (χ3v) is 5.04. The van der Waals surface area contributed by atoms with Crippen molar-refractivity contribution in [3.8, 4) is 5.75 Å². The van der Waals surface area contributed by atoms with E-state index in [9.17, 15) is 9.59 Å². The summed E-state index contributed by atoms with van der Waals surface area (Å²) in [7, 11) is 1.57. The molecule has 0 aromatic heterocycles. The lowest BCUT2D eigenvalue weighted by molar-refractivity contribution is -0.123. The Bertz CT molecular complexity index is 833. The summed E-state index contributed by atoms with van der Waals surface area (Å²) in [6, 6.07) is 15.0. The number of methoxy groups -OCH3 is 1. The van der Waals surface area contributed by atoms with Crippen LogP contribution in [0.4, 0.5) is 5.69 Å². The molecule has 0 unspecified atom stereocenters. The van der Waals surface area contributed by atoms with Crippen LogP contribution in [0.1, 0.15) is 17.5 Å². The first-order valence-corrected chi connectivity index (χ1v) is 8.49. The van der Waals surface area contributed by atoms with Crippen LogP contribution in [0.15, 0.2) is 48.5 Å². The molecule has 25 heavy (non-hydrogen) atoms. The first kappa shape index (κ1) is 15.8. The molecule has 2 heterocycles. The lowest BCUT2D eigenvalue weighted by Gasteiger charge is -2.32. The minimum atomic E-state index is -0.382. The predicted octanol–water partition coefficient (Wildman–Crippen LogP) is 2.39.